The van der Waals surface area contributed by atoms with Gasteiger partial charge < -0.3 is 9.47 Å². The molecule has 90 valence electrons. The quantitative estimate of drug-likeness (QED) is 0.718. The van der Waals surface area contributed by atoms with Gasteiger partial charge in [-0.2, -0.15) is 0 Å². The summed E-state index contributed by atoms with van der Waals surface area (Å²) in [5, 5.41) is 0.945. The molecule has 1 fully saturated rings. The molecular weight excluding hydrogens is 256 g/mol. The topological polar surface area (TPSA) is 18.5 Å². The van der Waals surface area contributed by atoms with Crippen molar-refractivity contribution in [3.63, 3.8) is 0 Å². The normalized spacial score (nSPS) is 34.0. The van der Waals surface area contributed by atoms with Crippen molar-refractivity contribution in [2.75, 3.05) is 19.0 Å². The van der Waals surface area contributed by atoms with Gasteiger partial charge in [0.15, 0.2) is 0 Å². The van der Waals surface area contributed by atoms with Gasteiger partial charge in [0.1, 0.15) is 0 Å². The molecule has 0 amide bonds. The summed E-state index contributed by atoms with van der Waals surface area (Å²) in [5.74, 6) is 0.860. The van der Waals surface area contributed by atoms with Gasteiger partial charge >= 0.3 is 0 Å². The fourth-order valence-electron chi connectivity index (χ4n) is 2.27. The van der Waals surface area contributed by atoms with Gasteiger partial charge in [0.2, 0.25) is 0 Å². The third-order valence-corrected chi connectivity index (χ3v) is 4.30. The second kappa shape index (κ2) is 6.21. The Morgan fingerprint density at radius 1 is 1.40 bits per heavy atom. The van der Waals surface area contributed by atoms with Gasteiger partial charge in [0, 0.05) is 12.4 Å². The first-order valence-electron chi connectivity index (χ1n) is 5.84. The highest BCUT2D eigenvalue weighted by Crippen LogP contribution is 2.36. The Morgan fingerprint density at radius 2 is 2.00 bits per heavy atom. The number of halogens is 1. The summed E-state index contributed by atoms with van der Waals surface area (Å²) in [5.41, 5.74) is 0.0600. The summed E-state index contributed by atoms with van der Waals surface area (Å²) < 4.78 is 11.3. The van der Waals surface area contributed by atoms with Gasteiger partial charge in [-0.1, -0.05) is 22.9 Å². The lowest BCUT2D eigenvalue weighted by Crippen LogP contribution is -2.42. The number of hydrogen-bond acceptors (Lipinski definition) is 2. The average Bonchev–Trinajstić information content (AvgIpc) is 2.22. The molecule has 0 aromatic rings. The van der Waals surface area contributed by atoms with Gasteiger partial charge in [0.25, 0.3) is 0 Å². The lowest BCUT2D eigenvalue weighted by Gasteiger charge is -2.40. The molecule has 3 heteroatoms. The van der Waals surface area contributed by atoms with E-state index in [0.717, 1.165) is 11.2 Å². The van der Waals surface area contributed by atoms with Crippen LogP contribution in [0.15, 0.2) is 0 Å². The Balaban J connectivity index is 2.46. The maximum atomic E-state index is 6.14. The smallest absolute Gasteiger partial charge is 0.0788 e. The molecule has 1 aliphatic carbocycles. The summed E-state index contributed by atoms with van der Waals surface area (Å²) >= 11 is 3.60. The van der Waals surface area contributed by atoms with Crippen LogP contribution in [0.3, 0.4) is 0 Å². The summed E-state index contributed by atoms with van der Waals surface area (Å²) in [6.07, 6.45) is 5.11. The number of alkyl halides is 1. The summed E-state index contributed by atoms with van der Waals surface area (Å²) in [6.45, 7) is 5.10. The number of ether oxygens (including phenoxy) is 2. The van der Waals surface area contributed by atoms with E-state index in [-0.39, 0.29) is 11.7 Å². The van der Waals surface area contributed by atoms with E-state index in [1.165, 1.54) is 25.7 Å². The van der Waals surface area contributed by atoms with E-state index in [2.05, 4.69) is 29.8 Å². The first kappa shape index (κ1) is 13.5. The molecule has 1 rings (SSSR count). The Labute approximate surface area is 102 Å². The van der Waals surface area contributed by atoms with Crippen molar-refractivity contribution in [1.82, 2.24) is 0 Å². The molecule has 0 aromatic carbocycles. The first-order valence-corrected chi connectivity index (χ1v) is 6.97. The van der Waals surface area contributed by atoms with Crippen molar-refractivity contribution < 1.29 is 9.47 Å². The minimum Gasteiger partial charge on any atom is -0.382 e. The van der Waals surface area contributed by atoms with E-state index in [1.807, 2.05) is 0 Å². The highest BCUT2D eigenvalue weighted by atomic mass is 79.9. The highest BCUT2D eigenvalue weighted by molar-refractivity contribution is 9.09. The first-order chi connectivity index (χ1) is 7.12. The average molecular weight is 279 g/mol. The van der Waals surface area contributed by atoms with Gasteiger partial charge in [0.05, 0.1) is 18.3 Å². The monoisotopic (exact) mass is 278 g/mol. The van der Waals surface area contributed by atoms with E-state index >= 15 is 0 Å². The van der Waals surface area contributed by atoms with Crippen LogP contribution in [-0.4, -0.2) is 30.8 Å². The molecule has 1 aliphatic rings. The molecule has 0 bridgehead atoms. The van der Waals surface area contributed by atoms with E-state index < -0.39 is 0 Å². The molecule has 0 saturated heterocycles. The van der Waals surface area contributed by atoms with Crippen molar-refractivity contribution >= 4 is 15.9 Å². The fourth-order valence-corrected chi connectivity index (χ4v) is 2.96. The van der Waals surface area contributed by atoms with Gasteiger partial charge in [-0.25, -0.2) is 0 Å². The Morgan fingerprint density at radius 3 is 2.47 bits per heavy atom. The zero-order valence-electron chi connectivity index (χ0n) is 10.1. The predicted molar refractivity (Wildman–Crippen MR) is 66.6 cm³/mol. The maximum Gasteiger partial charge on any atom is 0.0788 e. The van der Waals surface area contributed by atoms with E-state index in [0.29, 0.717) is 6.61 Å². The molecule has 0 radical (unpaired) electrons. The molecular formula is C12H23BrO2. The van der Waals surface area contributed by atoms with Crippen LogP contribution in [0.5, 0.6) is 0 Å². The van der Waals surface area contributed by atoms with Gasteiger partial charge in [-0.15, -0.1) is 0 Å². The van der Waals surface area contributed by atoms with E-state index in [9.17, 15) is 0 Å². The summed E-state index contributed by atoms with van der Waals surface area (Å²) in [4.78, 5) is 0. The molecule has 2 nitrogen and oxygen atoms in total. The zero-order valence-corrected chi connectivity index (χ0v) is 11.7. The van der Waals surface area contributed by atoms with Crippen molar-refractivity contribution in [2.24, 2.45) is 5.92 Å². The lowest BCUT2D eigenvalue weighted by atomic mass is 9.80. The second-order valence-electron chi connectivity index (χ2n) is 4.88. The van der Waals surface area contributed by atoms with Crippen LogP contribution in [0.1, 0.15) is 39.5 Å². The zero-order chi connectivity index (χ0) is 11.3. The third-order valence-electron chi connectivity index (χ3n) is 3.28. The third kappa shape index (κ3) is 4.04. The molecule has 1 unspecified atom stereocenters. The van der Waals surface area contributed by atoms with Crippen molar-refractivity contribution in [1.29, 1.82) is 0 Å². The maximum absolute atomic E-state index is 6.14. The Bertz CT molecular complexity index is 176. The van der Waals surface area contributed by atoms with Crippen LogP contribution in [0.2, 0.25) is 0 Å². The predicted octanol–water partition coefficient (Wildman–Crippen LogP) is 3.38. The molecule has 0 N–H and O–H groups in total. The van der Waals surface area contributed by atoms with Crippen molar-refractivity contribution in [2.45, 2.75) is 51.2 Å². The largest absolute Gasteiger partial charge is 0.382 e. The molecule has 0 heterocycles. The van der Waals surface area contributed by atoms with Crippen molar-refractivity contribution in [3.8, 4) is 0 Å². The van der Waals surface area contributed by atoms with Crippen LogP contribution < -0.4 is 0 Å². The fraction of sp³-hybridized carbons (Fsp3) is 1.00. The number of hydrogen-bond donors (Lipinski definition) is 0. The molecule has 0 spiro atoms. The standard InChI is InChI=1S/C12H23BrO2/c1-10-4-6-12(9-13,7-5-10)15-11(2)8-14-3/h10-11H,4-9H2,1-3H3. The van der Waals surface area contributed by atoms with Gasteiger partial charge in [-0.3, -0.25) is 0 Å². The number of methoxy groups -OCH3 is 1. The van der Waals surface area contributed by atoms with Crippen LogP contribution in [0.4, 0.5) is 0 Å². The minimum atomic E-state index is 0.0600. The van der Waals surface area contributed by atoms with Crippen LogP contribution in [-0.2, 0) is 9.47 Å². The van der Waals surface area contributed by atoms with Gasteiger partial charge in [-0.05, 0) is 38.5 Å². The van der Waals surface area contributed by atoms with Crippen molar-refractivity contribution in [3.05, 3.63) is 0 Å². The lowest BCUT2D eigenvalue weighted by molar-refractivity contribution is -0.114. The molecule has 1 saturated carbocycles. The molecule has 0 aromatic heterocycles. The van der Waals surface area contributed by atoms with Crippen LogP contribution in [0.25, 0.3) is 0 Å². The van der Waals surface area contributed by atoms with Crippen LogP contribution >= 0.6 is 15.9 Å². The molecule has 0 aliphatic heterocycles. The molecule has 15 heavy (non-hydrogen) atoms. The van der Waals surface area contributed by atoms with E-state index in [1.54, 1.807) is 7.11 Å². The second-order valence-corrected chi connectivity index (χ2v) is 5.44. The molecule has 1 atom stereocenters. The summed E-state index contributed by atoms with van der Waals surface area (Å²) in [6, 6.07) is 0. The Kier molecular flexibility index (Phi) is 5.58. The van der Waals surface area contributed by atoms with Crippen LogP contribution in [0, 0.1) is 5.92 Å². The Hall–Kier alpha value is 0.400. The SMILES string of the molecule is COCC(C)OC1(CBr)CCC(C)CC1. The van der Waals surface area contributed by atoms with E-state index in [4.69, 9.17) is 9.47 Å². The number of rotatable bonds is 5. The highest BCUT2D eigenvalue weighted by Gasteiger charge is 2.35. The summed E-state index contributed by atoms with van der Waals surface area (Å²) in [7, 11) is 1.73. The minimum absolute atomic E-state index is 0.0600.